The van der Waals surface area contributed by atoms with Gasteiger partial charge in [-0.3, -0.25) is 14.4 Å². The first-order valence-corrected chi connectivity index (χ1v) is 9.04. The number of likely N-dealkylation sites (tertiary alicyclic amines) is 1. The third-order valence-corrected chi connectivity index (χ3v) is 4.91. The van der Waals surface area contributed by atoms with Crippen molar-refractivity contribution in [2.75, 3.05) is 18.8 Å². The largest absolute Gasteiger partial charge is 0.480 e. The number of hydrogen-bond acceptors (Lipinski definition) is 5. The molecule has 2 atom stereocenters. The van der Waals surface area contributed by atoms with Crippen LogP contribution in [0.25, 0.3) is 0 Å². The fraction of sp³-hybridized carbons (Fsp3) is 0.733. The van der Waals surface area contributed by atoms with Crippen molar-refractivity contribution in [1.29, 1.82) is 0 Å². The van der Waals surface area contributed by atoms with Crippen LogP contribution in [-0.4, -0.2) is 64.0 Å². The number of halogens is 3. The van der Waals surface area contributed by atoms with Gasteiger partial charge in [0.25, 0.3) is 0 Å². The summed E-state index contributed by atoms with van der Waals surface area (Å²) in [6, 6.07) is -0.919. The van der Waals surface area contributed by atoms with Crippen LogP contribution in [0.5, 0.6) is 0 Å². The molecule has 1 aliphatic rings. The number of alkyl halides is 3. The molecule has 1 saturated heterocycles. The lowest BCUT2D eigenvalue weighted by molar-refractivity contribution is -0.173. The van der Waals surface area contributed by atoms with Crippen LogP contribution in [0.4, 0.5) is 13.2 Å². The van der Waals surface area contributed by atoms with E-state index in [0.717, 1.165) is 11.8 Å². The highest BCUT2D eigenvalue weighted by molar-refractivity contribution is 8.13. The van der Waals surface area contributed by atoms with Crippen LogP contribution in [-0.2, 0) is 19.2 Å². The molecule has 1 heterocycles. The van der Waals surface area contributed by atoms with Gasteiger partial charge in [-0.15, -0.1) is 0 Å². The van der Waals surface area contributed by atoms with Crippen molar-refractivity contribution in [3.05, 3.63) is 0 Å². The van der Waals surface area contributed by atoms with Crippen LogP contribution in [0.15, 0.2) is 0 Å². The fourth-order valence-corrected chi connectivity index (χ4v) is 3.41. The number of carboxylic acid groups (broad SMARTS) is 1. The Bertz CT molecular complexity index is 556. The lowest BCUT2D eigenvalue weighted by atomic mass is 10.0. The van der Waals surface area contributed by atoms with Crippen molar-refractivity contribution in [3.63, 3.8) is 0 Å². The number of nitrogens with one attached hydrogen (secondary N) is 1. The Morgan fingerprint density at radius 3 is 2.50 bits per heavy atom. The van der Waals surface area contributed by atoms with E-state index in [0.29, 0.717) is 19.4 Å². The van der Waals surface area contributed by atoms with Gasteiger partial charge >= 0.3 is 18.1 Å². The zero-order valence-electron chi connectivity index (χ0n) is 14.2. The SMILES string of the molecule is CC(=O)SCC(CCCNC(=O)C(F)(F)F)C(=O)N1CCC[C@H]1C(=O)O. The zero-order valence-corrected chi connectivity index (χ0v) is 15.0. The standard InChI is InChI=1S/C15H21F3N2O5S/c1-9(21)26-8-10(4-2-6-19-14(25)15(16,17)18)12(22)20-7-3-5-11(20)13(23)24/h10-11H,2-8H2,1H3,(H,19,25)(H,23,24)/t10?,11-/m0/s1. The quantitative estimate of drug-likeness (QED) is 0.600. The Morgan fingerprint density at radius 1 is 1.31 bits per heavy atom. The number of carbonyl (C=O) groups excluding carboxylic acids is 3. The smallest absolute Gasteiger partial charge is 0.471 e. The third kappa shape index (κ3) is 6.85. The molecule has 0 aromatic heterocycles. The minimum Gasteiger partial charge on any atom is -0.480 e. The van der Waals surface area contributed by atoms with E-state index in [2.05, 4.69) is 0 Å². The molecule has 0 spiro atoms. The minimum absolute atomic E-state index is 0.0995. The van der Waals surface area contributed by atoms with E-state index in [-0.39, 0.29) is 30.3 Å². The maximum Gasteiger partial charge on any atom is 0.471 e. The summed E-state index contributed by atoms with van der Waals surface area (Å²) in [6.07, 6.45) is -3.83. The summed E-state index contributed by atoms with van der Waals surface area (Å²) >= 11 is 0.904. The first kappa shape index (κ1) is 22.3. The molecule has 0 radical (unpaired) electrons. The summed E-state index contributed by atoms with van der Waals surface area (Å²) < 4.78 is 36.4. The van der Waals surface area contributed by atoms with Gasteiger partial charge in [-0.2, -0.15) is 13.2 Å². The van der Waals surface area contributed by atoms with E-state index in [4.69, 9.17) is 0 Å². The van der Waals surface area contributed by atoms with Gasteiger partial charge in [-0.05, 0) is 25.7 Å². The fourth-order valence-electron chi connectivity index (χ4n) is 2.67. The highest BCUT2D eigenvalue weighted by atomic mass is 32.2. The van der Waals surface area contributed by atoms with E-state index in [1.54, 1.807) is 5.32 Å². The van der Waals surface area contributed by atoms with Crippen molar-refractivity contribution in [2.45, 2.75) is 44.8 Å². The minimum atomic E-state index is -4.97. The first-order chi connectivity index (χ1) is 12.0. The van der Waals surface area contributed by atoms with Gasteiger partial charge in [0, 0.05) is 31.7 Å². The van der Waals surface area contributed by atoms with E-state index in [1.165, 1.54) is 11.8 Å². The van der Waals surface area contributed by atoms with Gasteiger partial charge in [0.15, 0.2) is 5.12 Å². The van der Waals surface area contributed by atoms with Crippen LogP contribution in [0.3, 0.4) is 0 Å². The predicted octanol–water partition coefficient (Wildman–Crippen LogP) is 1.42. The molecule has 148 valence electrons. The van der Waals surface area contributed by atoms with Crippen molar-refractivity contribution >= 4 is 34.7 Å². The second-order valence-corrected chi connectivity index (χ2v) is 7.12. The van der Waals surface area contributed by atoms with E-state index >= 15 is 0 Å². The first-order valence-electron chi connectivity index (χ1n) is 8.05. The molecule has 0 saturated carbocycles. The Labute approximate surface area is 152 Å². The Balaban J connectivity index is 2.63. The van der Waals surface area contributed by atoms with Crippen molar-refractivity contribution in [2.24, 2.45) is 5.92 Å². The third-order valence-electron chi connectivity index (χ3n) is 3.93. The van der Waals surface area contributed by atoms with Crippen LogP contribution in [0, 0.1) is 5.92 Å². The lowest BCUT2D eigenvalue weighted by Gasteiger charge is -2.26. The average molecular weight is 398 g/mol. The van der Waals surface area contributed by atoms with Crippen LogP contribution < -0.4 is 5.32 Å². The van der Waals surface area contributed by atoms with Gasteiger partial charge in [0.1, 0.15) is 6.04 Å². The lowest BCUT2D eigenvalue weighted by Crippen LogP contribution is -2.44. The van der Waals surface area contributed by atoms with Gasteiger partial charge in [0.2, 0.25) is 5.91 Å². The zero-order chi connectivity index (χ0) is 19.9. The number of hydrogen-bond donors (Lipinski definition) is 2. The Hall–Kier alpha value is -1.78. The molecule has 7 nitrogen and oxygen atoms in total. The second-order valence-electron chi connectivity index (χ2n) is 5.92. The Morgan fingerprint density at radius 2 is 1.96 bits per heavy atom. The molecule has 1 unspecified atom stereocenters. The summed E-state index contributed by atoms with van der Waals surface area (Å²) in [5, 5.41) is 10.7. The maximum atomic E-state index is 12.6. The molecule has 26 heavy (non-hydrogen) atoms. The van der Waals surface area contributed by atoms with Gasteiger partial charge in [-0.25, -0.2) is 4.79 Å². The van der Waals surface area contributed by atoms with Crippen LogP contribution >= 0.6 is 11.8 Å². The maximum absolute atomic E-state index is 12.6. The summed E-state index contributed by atoms with van der Waals surface area (Å²) in [6.45, 7) is 1.35. The van der Waals surface area contributed by atoms with Gasteiger partial charge in [0.05, 0.1) is 0 Å². The number of nitrogens with zero attached hydrogens (tertiary/aromatic N) is 1. The van der Waals surface area contributed by atoms with Crippen molar-refractivity contribution in [3.8, 4) is 0 Å². The van der Waals surface area contributed by atoms with Gasteiger partial charge in [-0.1, -0.05) is 11.8 Å². The molecule has 1 aliphatic heterocycles. The number of rotatable bonds is 8. The monoisotopic (exact) mass is 398 g/mol. The molecule has 2 amide bonds. The molecular weight excluding hydrogens is 377 g/mol. The van der Waals surface area contributed by atoms with E-state index in [1.807, 2.05) is 0 Å². The van der Waals surface area contributed by atoms with Crippen molar-refractivity contribution < 1.29 is 37.5 Å². The number of aliphatic carboxylic acids is 1. The summed E-state index contributed by atoms with van der Waals surface area (Å²) in [4.78, 5) is 47.0. The molecular formula is C15H21F3N2O5S. The number of carbonyl (C=O) groups is 4. The Kier molecular flexibility index (Phi) is 8.38. The van der Waals surface area contributed by atoms with Crippen LogP contribution in [0.1, 0.15) is 32.6 Å². The average Bonchev–Trinajstić information content (AvgIpc) is 3.01. The number of thioether (sulfide) groups is 1. The number of amides is 2. The predicted molar refractivity (Wildman–Crippen MR) is 87.3 cm³/mol. The molecule has 11 heteroatoms. The molecule has 0 bridgehead atoms. The summed E-state index contributed by atoms with van der Waals surface area (Å²) in [5.41, 5.74) is 0. The van der Waals surface area contributed by atoms with E-state index in [9.17, 15) is 37.5 Å². The second kappa shape index (κ2) is 9.79. The molecule has 0 aromatic carbocycles. The topological polar surface area (TPSA) is 104 Å². The van der Waals surface area contributed by atoms with Gasteiger partial charge < -0.3 is 15.3 Å². The molecule has 0 aromatic rings. The summed E-state index contributed by atoms with van der Waals surface area (Å²) in [5.74, 6) is -4.17. The van der Waals surface area contributed by atoms with Crippen LogP contribution in [0.2, 0.25) is 0 Å². The molecule has 0 aliphatic carbocycles. The highest BCUT2D eigenvalue weighted by Gasteiger charge is 2.39. The summed E-state index contributed by atoms with van der Waals surface area (Å²) in [7, 11) is 0. The van der Waals surface area contributed by atoms with E-state index < -0.39 is 35.9 Å². The number of carboxylic acids is 1. The highest BCUT2D eigenvalue weighted by Crippen LogP contribution is 2.24. The molecule has 1 fully saturated rings. The molecule has 2 N–H and O–H groups in total. The molecule has 1 rings (SSSR count). The van der Waals surface area contributed by atoms with Crippen molar-refractivity contribution in [1.82, 2.24) is 10.2 Å². The normalized spacial score (nSPS) is 18.5.